The number of carbonyl (C=O) groups excluding carboxylic acids is 1. The normalized spacial score (nSPS) is 18.5. The van der Waals surface area contributed by atoms with E-state index in [1.807, 2.05) is 4.90 Å². The van der Waals surface area contributed by atoms with E-state index in [0.717, 1.165) is 12.4 Å². The monoisotopic (exact) mass is 581 g/mol. The molecule has 2 aliphatic heterocycles. The lowest BCUT2D eigenvalue weighted by Crippen LogP contribution is -2.47. The van der Waals surface area contributed by atoms with Gasteiger partial charge in [0, 0.05) is 52.9 Å². The Morgan fingerprint density at radius 1 is 0.975 bits per heavy atom. The number of rotatable bonds is 7. The van der Waals surface area contributed by atoms with Crippen LogP contribution >= 0.6 is 0 Å². The summed E-state index contributed by atoms with van der Waals surface area (Å²) in [4.78, 5) is 35.1. The van der Waals surface area contributed by atoms with Gasteiger partial charge in [-0.3, -0.25) is 9.59 Å². The number of alkyl halides is 6. The molecule has 0 bridgehead atoms. The van der Waals surface area contributed by atoms with Crippen molar-refractivity contribution in [1.82, 2.24) is 25.1 Å². The maximum absolute atomic E-state index is 13.1. The highest BCUT2D eigenvalue weighted by Gasteiger charge is 2.39. The second-order valence-corrected chi connectivity index (χ2v) is 8.98. The highest BCUT2D eigenvalue weighted by molar-refractivity contribution is 5.83. The predicted molar refractivity (Wildman–Crippen MR) is 130 cm³/mol. The van der Waals surface area contributed by atoms with E-state index in [-0.39, 0.29) is 25.1 Å². The van der Waals surface area contributed by atoms with Crippen LogP contribution in [0, 0.1) is 0 Å². The summed E-state index contributed by atoms with van der Waals surface area (Å²) in [7, 11) is 3.25. The molecule has 2 aliphatic rings. The summed E-state index contributed by atoms with van der Waals surface area (Å²) in [6, 6.07) is -0.0747. The third kappa shape index (κ3) is 7.80. The van der Waals surface area contributed by atoms with Gasteiger partial charge in [0.2, 0.25) is 0 Å². The summed E-state index contributed by atoms with van der Waals surface area (Å²) in [5.41, 5.74) is -4.30. The van der Waals surface area contributed by atoms with Gasteiger partial charge in [0.15, 0.2) is 5.69 Å². The molecule has 2 saturated heterocycles. The van der Waals surface area contributed by atoms with Crippen molar-refractivity contribution in [2.75, 3.05) is 57.2 Å². The van der Waals surface area contributed by atoms with Crippen molar-refractivity contribution >= 4 is 17.4 Å². The quantitative estimate of drug-likeness (QED) is 0.375. The van der Waals surface area contributed by atoms with E-state index in [9.17, 15) is 35.9 Å². The fraction of sp³-hybridized carbons (Fsp3) is 0.609. The van der Waals surface area contributed by atoms with Gasteiger partial charge in [0.1, 0.15) is 17.5 Å². The third-order valence-electron chi connectivity index (χ3n) is 6.22. The zero-order valence-corrected chi connectivity index (χ0v) is 21.7. The number of ether oxygens (including phenoxy) is 2. The van der Waals surface area contributed by atoms with Crippen LogP contribution < -0.4 is 15.8 Å². The van der Waals surface area contributed by atoms with Gasteiger partial charge in [0.05, 0.1) is 30.9 Å². The number of likely N-dealkylation sites (tertiary alicyclic amines) is 1. The molecule has 1 unspecified atom stereocenters. The molecule has 0 radical (unpaired) electrons. The van der Waals surface area contributed by atoms with Crippen LogP contribution in [0.5, 0.6) is 0 Å². The Kier molecular flexibility index (Phi) is 10.3. The van der Waals surface area contributed by atoms with Crippen molar-refractivity contribution in [3.63, 3.8) is 0 Å². The van der Waals surface area contributed by atoms with Crippen molar-refractivity contribution in [1.29, 1.82) is 0 Å². The number of anilines is 2. The smallest absolute Gasteiger partial charge is 0.388 e. The number of halogens is 6. The minimum absolute atomic E-state index is 0.0701. The molecule has 40 heavy (non-hydrogen) atoms. The molecular formula is C23H29F6N7O4. The third-order valence-corrected chi connectivity index (χ3v) is 6.22. The van der Waals surface area contributed by atoms with Crippen molar-refractivity contribution in [2.24, 2.45) is 0 Å². The Bertz CT molecular complexity index is 1170. The number of H-pyrrole nitrogens is 1. The molecule has 0 spiro atoms. The second-order valence-electron chi connectivity index (χ2n) is 8.98. The predicted octanol–water partition coefficient (Wildman–Crippen LogP) is 2.56. The molecule has 1 atom stereocenters. The number of aromatic nitrogens is 4. The Hall–Kier alpha value is -3.47. The number of hydrogen-bond donors (Lipinski definition) is 2. The maximum atomic E-state index is 13.1. The minimum Gasteiger partial charge on any atom is -0.388 e. The van der Waals surface area contributed by atoms with Gasteiger partial charge in [-0.15, -0.1) is 0 Å². The van der Waals surface area contributed by atoms with Gasteiger partial charge in [-0.05, 0) is 12.8 Å². The summed E-state index contributed by atoms with van der Waals surface area (Å²) >= 11 is 0. The second kappa shape index (κ2) is 13.3. The molecule has 17 heteroatoms. The fourth-order valence-electron chi connectivity index (χ4n) is 4.43. The van der Waals surface area contributed by atoms with E-state index in [0.29, 0.717) is 50.9 Å². The van der Waals surface area contributed by atoms with Crippen molar-refractivity contribution in [2.45, 2.75) is 43.8 Å². The fourth-order valence-corrected chi connectivity index (χ4v) is 4.43. The maximum Gasteiger partial charge on any atom is 0.434 e. The number of hydrogen-bond acceptors (Lipinski definition) is 9. The first kappa shape index (κ1) is 31.1. The Morgan fingerprint density at radius 2 is 1.65 bits per heavy atom. The minimum atomic E-state index is -4.86. The molecule has 2 N–H and O–H groups in total. The van der Waals surface area contributed by atoms with Crippen LogP contribution in [0.15, 0.2) is 23.4 Å². The summed E-state index contributed by atoms with van der Waals surface area (Å²) in [5, 5.41) is 7.59. The Morgan fingerprint density at radius 3 is 2.23 bits per heavy atom. The van der Waals surface area contributed by atoms with Gasteiger partial charge < -0.3 is 24.6 Å². The van der Waals surface area contributed by atoms with Gasteiger partial charge >= 0.3 is 12.4 Å². The summed E-state index contributed by atoms with van der Waals surface area (Å²) < 4.78 is 87.2. The number of methoxy groups -OCH3 is 1. The number of amides is 1. The first-order chi connectivity index (χ1) is 18.9. The zero-order chi connectivity index (χ0) is 29.5. The molecule has 2 aromatic heterocycles. The molecule has 0 aromatic carbocycles. The largest absolute Gasteiger partial charge is 0.434 e. The van der Waals surface area contributed by atoms with E-state index < -0.39 is 41.0 Å². The molecule has 4 rings (SSSR count). The lowest BCUT2D eigenvalue weighted by molar-refractivity contribution is -0.141. The van der Waals surface area contributed by atoms with Gasteiger partial charge in [-0.2, -0.15) is 31.4 Å². The van der Waals surface area contributed by atoms with Crippen molar-refractivity contribution in [3.05, 3.63) is 40.2 Å². The molecule has 0 saturated carbocycles. The van der Waals surface area contributed by atoms with Gasteiger partial charge in [-0.1, -0.05) is 0 Å². The first-order valence-electron chi connectivity index (χ1n) is 12.2. The highest BCUT2D eigenvalue weighted by Crippen LogP contribution is 2.31. The SMILES string of the molecule is COC.O=C1C(OCCNc2cn[nH]c(=O)c2C(F)(F)F)CCN1C1CCN(c2cnc(C(F)(F)F)cn2)CC1. The molecule has 4 heterocycles. The van der Waals surface area contributed by atoms with E-state index in [2.05, 4.69) is 25.1 Å². The average molecular weight is 582 g/mol. The van der Waals surface area contributed by atoms with Crippen LogP contribution in [-0.4, -0.2) is 90.1 Å². The average Bonchev–Trinajstić information content (AvgIpc) is 3.26. The van der Waals surface area contributed by atoms with Gasteiger partial charge in [0.25, 0.3) is 11.5 Å². The van der Waals surface area contributed by atoms with E-state index in [1.165, 1.54) is 0 Å². The van der Waals surface area contributed by atoms with Crippen LogP contribution in [0.2, 0.25) is 0 Å². The summed E-state index contributed by atoms with van der Waals surface area (Å²) in [6.07, 6.45) is -5.94. The number of nitrogens with zero attached hydrogens (tertiary/aromatic N) is 5. The molecule has 2 aromatic rings. The first-order valence-corrected chi connectivity index (χ1v) is 12.2. The highest BCUT2D eigenvalue weighted by atomic mass is 19.4. The number of carbonyl (C=O) groups is 1. The number of piperidine rings is 1. The van der Waals surface area contributed by atoms with E-state index in [1.54, 1.807) is 24.2 Å². The molecule has 222 valence electrons. The van der Waals surface area contributed by atoms with Crippen molar-refractivity contribution in [3.8, 4) is 0 Å². The standard InChI is InChI=1S/C21H23F6N7O3.C2H6O/c22-20(23,24)15-10-30-16(11-29-15)33-5-1-12(2-6-33)34-7-3-14(19(34)36)37-8-4-28-13-9-31-32-18(35)17(13)21(25,26)27;1-3-2/h9-12,14H,1-8H2,(H2,28,32,35);1-2H3. The topological polar surface area (TPSA) is 126 Å². The number of aromatic amines is 1. The molecule has 0 aliphatic carbocycles. The van der Waals surface area contributed by atoms with Gasteiger partial charge in [-0.25, -0.2) is 15.1 Å². The van der Waals surface area contributed by atoms with Crippen LogP contribution in [-0.2, 0) is 26.6 Å². The van der Waals surface area contributed by atoms with E-state index >= 15 is 0 Å². The molecule has 2 fully saturated rings. The van der Waals surface area contributed by atoms with Crippen LogP contribution in [0.25, 0.3) is 0 Å². The number of nitrogens with one attached hydrogen (secondary N) is 2. The lowest BCUT2D eigenvalue weighted by Gasteiger charge is -2.37. The molecular weight excluding hydrogens is 552 g/mol. The lowest BCUT2D eigenvalue weighted by atomic mass is 10.0. The Labute approximate surface area is 224 Å². The summed E-state index contributed by atoms with van der Waals surface area (Å²) in [5.74, 6) is 0.110. The molecule has 1 amide bonds. The van der Waals surface area contributed by atoms with Crippen LogP contribution in [0.3, 0.4) is 0 Å². The summed E-state index contributed by atoms with van der Waals surface area (Å²) in [6.45, 7) is 1.27. The van der Waals surface area contributed by atoms with Crippen LogP contribution in [0.1, 0.15) is 30.5 Å². The Balaban J connectivity index is 0.00000141. The van der Waals surface area contributed by atoms with Crippen molar-refractivity contribution < 1.29 is 40.6 Å². The van der Waals surface area contributed by atoms with Crippen LogP contribution in [0.4, 0.5) is 37.8 Å². The van der Waals surface area contributed by atoms with E-state index in [4.69, 9.17) is 4.74 Å². The molecule has 11 nitrogen and oxygen atoms in total. The zero-order valence-electron chi connectivity index (χ0n) is 21.7.